The van der Waals surface area contributed by atoms with E-state index in [0.717, 1.165) is 32.0 Å². The van der Waals surface area contributed by atoms with Gasteiger partial charge < -0.3 is 20.0 Å². The number of hydrogen-bond donors (Lipinski definition) is 2. The van der Waals surface area contributed by atoms with Crippen LogP contribution in [0.15, 0.2) is 16.6 Å². The van der Waals surface area contributed by atoms with Crippen molar-refractivity contribution in [2.45, 2.75) is 58.1 Å². The number of nitrogens with one attached hydrogen (secondary N) is 1. The Kier molecular flexibility index (Phi) is 6.97. The fraction of sp³-hybridized carbons (Fsp3) is 0.579. The van der Waals surface area contributed by atoms with E-state index in [2.05, 4.69) is 21.4 Å². The number of nitrogens with two attached hydrogens (primary N) is 1. The summed E-state index contributed by atoms with van der Waals surface area (Å²) in [5.41, 5.74) is 9.28. The topological polar surface area (TPSA) is 93.9 Å². The van der Waals surface area contributed by atoms with Crippen LogP contribution < -0.4 is 15.9 Å². The van der Waals surface area contributed by atoms with Crippen molar-refractivity contribution in [3.63, 3.8) is 0 Å². The zero-order valence-corrected chi connectivity index (χ0v) is 17.8. The van der Waals surface area contributed by atoms with Crippen LogP contribution in [0.4, 0.5) is 16.2 Å². The highest BCUT2D eigenvalue weighted by Crippen LogP contribution is 2.35. The summed E-state index contributed by atoms with van der Waals surface area (Å²) in [4.78, 5) is 24.8. The molecule has 1 unspecified atom stereocenters. The maximum atomic E-state index is 12.9. The Balaban J connectivity index is 2.36. The summed E-state index contributed by atoms with van der Waals surface area (Å²) in [5, 5.41) is 1.26. The molecule has 3 N–H and O–H groups in total. The molecule has 0 heterocycles. The number of carbonyl (C=O) groups is 2. The lowest BCUT2D eigenvalue weighted by atomic mass is 9.99. The molecule has 1 aliphatic carbocycles. The molecule has 2 rings (SSSR count). The van der Waals surface area contributed by atoms with E-state index in [1.165, 1.54) is 5.01 Å². The molecule has 0 bridgehead atoms. The second-order valence-corrected chi connectivity index (χ2v) is 8.56. The van der Waals surface area contributed by atoms with E-state index in [1.54, 1.807) is 40.0 Å². The summed E-state index contributed by atoms with van der Waals surface area (Å²) in [6.45, 7) is 5.35. The van der Waals surface area contributed by atoms with Crippen LogP contribution in [0.2, 0.25) is 0 Å². The molecule has 0 spiro atoms. The molecule has 1 fully saturated rings. The summed E-state index contributed by atoms with van der Waals surface area (Å²) >= 11 is 3.38. The van der Waals surface area contributed by atoms with Crippen molar-refractivity contribution in [2.24, 2.45) is 5.92 Å². The first-order valence-corrected chi connectivity index (χ1v) is 9.82. The number of aldehydes is 1. The van der Waals surface area contributed by atoms with Crippen molar-refractivity contribution in [1.29, 1.82) is 0 Å². The van der Waals surface area contributed by atoms with Gasteiger partial charge in [0.1, 0.15) is 23.7 Å². The Morgan fingerprint density at radius 2 is 2.00 bits per heavy atom. The van der Waals surface area contributed by atoms with Gasteiger partial charge in [-0.1, -0.05) is 12.8 Å². The lowest BCUT2D eigenvalue weighted by Crippen LogP contribution is -2.50. The fourth-order valence-electron chi connectivity index (χ4n) is 3.19. The van der Waals surface area contributed by atoms with Crippen molar-refractivity contribution in [2.75, 3.05) is 18.3 Å². The number of ether oxygens (including phenoxy) is 2. The van der Waals surface area contributed by atoms with Crippen LogP contribution >= 0.6 is 15.9 Å². The van der Waals surface area contributed by atoms with E-state index in [9.17, 15) is 9.59 Å². The van der Waals surface area contributed by atoms with Gasteiger partial charge in [-0.15, -0.1) is 0 Å². The highest BCUT2D eigenvalue weighted by molar-refractivity contribution is 9.10. The summed E-state index contributed by atoms with van der Waals surface area (Å²) in [6, 6.07) is 2.71. The Labute approximate surface area is 168 Å². The van der Waals surface area contributed by atoms with E-state index in [-0.39, 0.29) is 5.92 Å². The number of methoxy groups -OCH3 is 1. The van der Waals surface area contributed by atoms with Crippen LogP contribution in [-0.4, -0.2) is 36.1 Å². The van der Waals surface area contributed by atoms with Gasteiger partial charge in [0.15, 0.2) is 0 Å². The summed E-state index contributed by atoms with van der Waals surface area (Å²) in [6.07, 6.45) is 4.07. The van der Waals surface area contributed by atoms with Crippen molar-refractivity contribution in [3.8, 4) is 5.75 Å². The zero-order chi connectivity index (χ0) is 20.2. The summed E-state index contributed by atoms with van der Waals surface area (Å²) in [7, 11) is 1.54. The average Bonchev–Trinajstić information content (AvgIpc) is 3.09. The van der Waals surface area contributed by atoms with Gasteiger partial charge in [0.05, 0.1) is 23.0 Å². The molecule has 1 amide bonds. The number of nitrogen functional groups attached to an aromatic ring is 1. The van der Waals surface area contributed by atoms with Gasteiger partial charge in [-0.25, -0.2) is 9.80 Å². The molecule has 7 nitrogen and oxygen atoms in total. The van der Waals surface area contributed by atoms with Crippen LogP contribution in [0.25, 0.3) is 0 Å². The van der Waals surface area contributed by atoms with Crippen LogP contribution in [0, 0.1) is 5.92 Å². The first-order chi connectivity index (χ1) is 12.7. The Bertz CT molecular complexity index is 684. The number of rotatable bonds is 6. The van der Waals surface area contributed by atoms with Crippen LogP contribution in [0.5, 0.6) is 5.75 Å². The van der Waals surface area contributed by atoms with Gasteiger partial charge in [0.25, 0.3) is 0 Å². The molecule has 0 radical (unpaired) electrons. The molecular formula is C19H28BrN3O4. The van der Waals surface area contributed by atoms with Crippen molar-refractivity contribution in [3.05, 3.63) is 16.6 Å². The molecule has 1 saturated carbocycles. The lowest BCUT2D eigenvalue weighted by molar-refractivity contribution is -0.113. The number of nitrogens with zero attached hydrogens (tertiary/aromatic N) is 1. The monoisotopic (exact) mass is 441 g/mol. The van der Waals surface area contributed by atoms with Crippen molar-refractivity contribution >= 4 is 39.7 Å². The minimum atomic E-state index is -0.691. The summed E-state index contributed by atoms with van der Waals surface area (Å²) < 4.78 is 11.5. The summed E-state index contributed by atoms with van der Waals surface area (Å²) in [5.74, 6) is 0.639. The predicted molar refractivity (Wildman–Crippen MR) is 109 cm³/mol. The third kappa shape index (κ3) is 5.51. The number of hydrogen-bond acceptors (Lipinski definition) is 6. The molecule has 1 aromatic rings. The number of benzene rings is 1. The maximum absolute atomic E-state index is 12.9. The van der Waals surface area contributed by atoms with Crippen LogP contribution in [0.1, 0.15) is 46.5 Å². The minimum absolute atomic E-state index is 0.0843. The number of hydrazine groups is 1. The van der Waals surface area contributed by atoms with Gasteiger partial charge in [0, 0.05) is 6.07 Å². The third-order valence-corrected chi connectivity index (χ3v) is 5.10. The average molecular weight is 442 g/mol. The number of carbonyl (C=O) groups excluding carboxylic acids is 2. The second-order valence-electron chi connectivity index (χ2n) is 7.71. The molecule has 0 aromatic heterocycles. The van der Waals surface area contributed by atoms with E-state index in [1.807, 2.05) is 0 Å². The molecule has 8 heteroatoms. The van der Waals surface area contributed by atoms with Crippen LogP contribution in [-0.2, 0) is 9.53 Å². The van der Waals surface area contributed by atoms with E-state index in [4.69, 9.17) is 15.2 Å². The number of halogens is 1. The Morgan fingerprint density at radius 3 is 2.52 bits per heavy atom. The first-order valence-electron chi connectivity index (χ1n) is 9.03. The van der Waals surface area contributed by atoms with E-state index >= 15 is 0 Å². The van der Waals surface area contributed by atoms with Gasteiger partial charge in [-0.2, -0.15) is 0 Å². The smallest absolute Gasteiger partial charge is 0.429 e. The number of anilines is 2. The maximum Gasteiger partial charge on any atom is 0.429 e. The van der Waals surface area contributed by atoms with Gasteiger partial charge in [-0.05, 0) is 61.5 Å². The van der Waals surface area contributed by atoms with Crippen LogP contribution in [0.3, 0.4) is 0 Å². The molecule has 1 aromatic carbocycles. The zero-order valence-electron chi connectivity index (χ0n) is 16.3. The molecule has 0 aliphatic heterocycles. The highest BCUT2D eigenvalue weighted by atomic mass is 79.9. The van der Waals surface area contributed by atoms with Gasteiger partial charge >= 0.3 is 6.09 Å². The fourth-order valence-corrected chi connectivity index (χ4v) is 3.71. The molecule has 1 aliphatic rings. The Hall–Kier alpha value is -1.96. The van der Waals surface area contributed by atoms with Crippen molar-refractivity contribution in [1.82, 2.24) is 5.01 Å². The molecule has 0 saturated heterocycles. The lowest BCUT2D eigenvalue weighted by Gasteiger charge is -2.34. The standard InChI is InChI=1S/C19H28BrN3O4/c1-19(2,3)27-18(25)23(16(11-24)12-7-5-6-8-12)22-15-10-17(26-4)13(20)9-14(15)21/h9-12,16,22H,5-8,21H2,1-4H3. The molecular weight excluding hydrogens is 414 g/mol. The number of amides is 1. The van der Waals surface area contributed by atoms with E-state index in [0.29, 0.717) is 21.6 Å². The minimum Gasteiger partial charge on any atom is -0.495 e. The molecule has 150 valence electrons. The largest absolute Gasteiger partial charge is 0.495 e. The Morgan fingerprint density at radius 1 is 1.37 bits per heavy atom. The predicted octanol–water partition coefficient (Wildman–Crippen LogP) is 4.36. The normalized spacial score (nSPS) is 15.9. The first kappa shape index (κ1) is 21.3. The second kappa shape index (κ2) is 8.82. The third-order valence-electron chi connectivity index (χ3n) is 4.48. The van der Waals surface area contributed by atoms with Gasteiger partial charge in [-0.3, -0.25) is 5.43 Å². The molecule has 1 atom stereocenters. The molecule has 27 heavy (non-hydrogen) atoms. The quantitative estimate of drug-likeness (QED) is 0.386. The van der Waals surface area contributed by atoms with E-state index < -0.39 is 17.7 Å². The van der Waals surface area contributed by atoms with Gasteiger partial charge in [0.2, 0.25) is 0 Å². The highest BCUT2D eigenvalue weighted by Gasteiger charge is 2.35. The van der Waals surface area contributed by atoms with Crippen molar-refractivity contribution < 1.29 is 19.1 Å². The SMILES string of the molecule is COc1cc(NN(C(=O)OC(C)(C)C)C(C=O)C2CCCC2)c(N)cc1Br.